The molecule has 0 saturated carbocycles. The SMILES string of the molecule is COc1ccc(Br)cc1S(=O)(=O)N(C)CC1CCNCC1. The quantitative estimate of drug-likeness (QED) is 0.854. The van der Waals surface area contributed by atoms with Crippen LogP contribution in [0.2, 0.25) is 0 Å². The van der Waals surface area contributed by atoms with E-state index in [1.165, 1.54) is 11.4 Å². The van der Waals surface area contributed by atoms with Gasteiger partial charge in [0.05, 0.1) is 7.11 Å². The Kier molecular flexibility index (Phi) is 5.65. The summed E-state index contributed by atoms with van der Waals surface area (Å²) >= 11 is 3.32. The van der Waals surface area contributed by atoms with Crippen LogP contribution in [0.4, 0.5) is 0 Å². The van der Waals surface area contributed by atoms with Crippen molar-refractivity contribution in [2.24, 2.45) is 5.92 Å². The number of nitrogens with zero attached hydrogens (tertiary/aromatic N) is 1. The zero-order valence-corrected chi connectivity index (χ0v) is 14.7. The average Bonchev–Trinajstić information content (AvgIpc) is 2.48. The Morgan fingerprint density at radius 3 is 2.67 bits per heavy atom. The molecule has 1 aromatic rings. The van der Waals surface area contributed by atoms with E-state index in [1.54, 1.807) is 25.2 Å². The molecule has 0 unspecified atom stereocenters. The Labute approximate surface area is 134 Å². The van der Waals surface area contributed by atoms with Crippen molar-refractivity contribution in [3.8, 4) is 5.75 Å². The highest BCUT2D eigenvalue weighted by molar-refractivity contribution is 9.10. The highest BCUT2D eigenvalue weighted by atomic mass is 79.9. The van der Waals surface area contributed by atoms with Crippen LogP contribution in [0.15, 0.2) is 27.6 Å². The smallest absolute Gasteiger partial charge is 0.246 e. The maximum absolute atomic E-state index is 12.7. The lowest BCUT2D eigenvalue weighted by atomic mass is 9.98. The van der Waals surface area contributed by atoms with Crippen molar-refractivity contribution in [1.29, 1.82) is 0 Å². The standard InChI is InChI=1S/C14H21BrN2O3S/c1-17(10-11-5-7-16-8-6-11)21(18,19)14-9-12(15)3-4-13(14)20-2/h3-4,9,11,16H,5-8,10H2,1-2H3. The van der Waals surface area contributed by atoms with Crippen molar-refractivity contribution in [2.45, 2.75) is 17.7 Å². The first-order valence-electron chi connectivity index (χ1n) is 6.95. The molecule has 1 fully saturated rings. The van der Waals surface area contributed by atoms with Gasteiger partial charge in [-0.2, -0.15) is 0 Å². The first-order valence-corrected chi connectivity index (χ1v) is 9.19. The van der Waals surface area contributed by atoms with E-state index in [4.69, 9.17) is 4.74 Å². The van der Waals surface area contributed by atoms with Gasteiger partial charge in [0.2, 0.25) is 10.0 Å². The monoisotopic (exact) mass is 376 g/mol. The van der Waals surface area contributed by atoms with Crippen LogP contribution in [0, 0.1) is 5.92 Å². The van der Waals surface area contributed by atoms with Crippen LogP contribution in [0.3, 0.4) is 0 Å². The van der Waals surface area contributed by atoms with Gasteiger partial charge in [-0.25, -0.2) is 12.7 Å². The first kappa shape index (κ1) is 16.7. The van der Waals surface area contributed by atoms with Gasteiger partial charge in [-0.1, -0.05) is 15.9 Å². The number of rotatable bonds is 5. The largest absolute Gasteiger partial charge is 0.495 e. The Hall–Kier alpha value is -0.630. The molecule has 1 aliphatic rings. The first-order chi connectivity index (χ1) is 9.95. The molecule has 0 bridgehead atoms. The van der Waals surface area contributed by atoms with Gasteiger partial charge in [0, 0.05) is 18.1 Å². The summed E-state index contributed by atoms with van der Waals surface area (Å²) in [6.45, 7) is 2.46. The van der Waals surface area contributed by atoms with Gasteiger partial charge in [-0.3, -0.25) is 0 Å². The van der Waals surface area contributed by atoms with Crippen LogP contribution in [0.5, 0.6) is 5.75 Å². The molecule has 118 valence electrons. The van der Waals surface area contributed by atoms with Crippen LogP contribution in [0.1, 0.15) is 12.8 Å². The number of hydrogen-bond donors (Lipinski definition) is 1. The zero-order valence-electron chi connectivity index (χ0n) is 12.3. The molecular formula is C14H21BrN2O3S. The average molecular weight is 377 g/mol. The molecule has 1 aromatic carbocycles. The van der Waals surface area contributed by atoms with Crippen molar-refractivity contribution in [1.82, 2.24) is 9.62 Å². The minimum Gasteiger partial charge on any atom is -0.495 e. The molecule has 0 amide bonds. The van der Waals surface area contributed by atoms with Gasteiger partial charge >= 0.3 is 0 Å². The summed E-state index contributed by atoms with van der Waals surface area (Å²) < 4.78 is 32.8. The molecule has 0 radical (unpaired) electrons. The van der Waals surface area contributed by atoms with Crippen molar-refractivity contribution >= 4 is 26.0 Å². The van der Waals surface area contributed by atoms with Gasteiger partial charge in [0.1, 0.15) is 10.6 Å². The molecule has 1 N–H and O–H groups in total. The summed E-state index contributed by atoms with van der Waals surface area (Å²) in [6, 6.07) is 5.02. The topological polar surface area (TPSA) is 58.6 Å². The molecular weight excluding hydrogens is 356 g/mol. The van der Waals surface area contributed by atoms with E-state index in [9.17, 15) is 8.42 Å². The minimum atomic E-state index is -3.55. The molecule has 21 heavy (non-hydrogen) atoms. The normalized spacial score (nSPS) is 17.1. The summed E-state index contributed by atoms with van der Waals surface area (Å²) in [5.74, 6) is 0.777. The summed E-state index contributed by atoms with van der Waals surface area (Å²) in [5, 5.41) is 3.29. The van der Waals surface area contributed by atoms with E-state index in [2.05, 4.69) is 21.2 Å². The second-order valence-electron chi connectivity index (χ2n) is 5.27. The molecule has 1 saturated heterocycles. The van der Waals surface area contributed by atoms with Gasteiger partial charge in [0.15, 0.2) is 0 Å². The number of hydrogen-bond acceptors (Lipinski definition) is 4. The van der Waals surface area contributed by atoms with Crippen molar-refractivity contribution < 1.29 is 13.2 Å². The minimum absolute atomic E-state index is 0.204. The molecule has 0 aromatic heterocycles. The zero-order chi connectivity index (χ0) is 15.5. The lowest BCUT2D eigenvalue weighted by Crippen LogP contribution is -2.37. The fourth-order valence-electron chi connectivity index (χ4n) is 2.55. The summed E-state index contributed by atoms with van der Waals surface area (Å²) in [6.07, 6.45) is 2.02. The Morgan fingerprint density at radius 1 is 1.38 bits per heavy atom. The van der Waals surface area contributed by atoms with Crippen molar-refractivity contribution in [2.75, 3.05) is 33.8 Å². The van der Waals surface area contributed by atoms with Gasteiger partial charge < -0.3 is 10.1 Å². The molecule has 5 nitrogen and oxygen atoms in total. The maximum atomic E-state index is 12.7. The number of piperidine rings is 1. The van der Waals surface area contributed by atoms with Crippen LogP contribution in [-0.2, 0) is 10.0 Å². The molecule has 0 spiro atoms. The third-order valence-electron chi connectivity index (χ3n) is 3.79. The van der Waals surface area contributed by atoms with Crippen LogP contribution in [-0.4, -0.2) is 46.5 Å². The molecule has 1 aliphatic heterocycles. The number of benzene rings is 1. The van der Waals surface area contributed by atoms with E-state index < -0.39 is 10.0 Å². The lowest BCUT2D eigenvalue weighted by molar-refractivity contribution is 0.310. The number of sulfonamides is 1. The van der Waals surface area contributed by atoms with Crippen LogP contribution >= 0.6 is 15.9 Å². The van der Waals surface area contributed by atoms with Gasteiger partial charge in [-0.15, -0.1) is 0 Å². The predicted octanol–water partition coefficient (Wildman–Crippen LogP) is 2.08. The van der Waals surface area contributed by atoms with Crippen LogP contribution in [0.25, 0.3) is 0 Å². The summed E-state index contributed by atoms with van der Waals surface area (Å²) in [4.78, 5) is 0.204. The van der Waals surface area contributed by atoms with Crippen LogP contribution < -0.4 is 10.1 Å². The number of methoxy groups -OCH3 is 1. The van der Waals surface area contributed by atoms with Crippen molar-refractivity contribution in [3.05, 3.63) is 22.7 Å². The predicted molar refractivity (Wildman–Crippen MR) is 86.1 cm³/mol. The molecule has 0 aliphatic carbocycles. The Morgan fingerprint density at radius 2 is 2.05 bits per heavy atom. The van der Waals surface area contributed by atoms with E-state index in [1.807, 2.05) is 0 Å². The molecule has 1 heterocycles. The molecule has 2 rings (SSSR count). The Balaban J connectivity index is 2.22. The summed E-state index contributed by atoms with van der Waals surface area (Å²) in [7, 11) is -0.428. The third-order valence-corrected chi connectivity index (χ3v) is 6.13. The number of ether oxygens (including phenoxy) is 1. The Bertz CT molecular complexity index is 586. The van der Waals surface area contributed by atoms with E-state index in [0.29, 0.717) is 18.2 Å². The fraction of sp³-hybridized carbons (Fsp3) is 0.571. The third kappa shape index (κ3) is 3.97. The maximum Gasteiger partial charge on any atom is 0.246 e. The molecule has 7 heteroatoms. The fourth-order valence-corrected chi connectivity index (χ4v) is 4.48. The van der Waals surface area contributed by atoms with Gasteiger partial charge in [0.25, 0.3) is 0 Å². The highest BCUT2D eigenvalue weighted by Gasteiger charge is 2.27. The van der Waals surface area contributed by atoms with Gasteiger partial charge in [-0.05, 0) is 50.0 Å². The number of nitrogens with one attached hydrogen (secondary N) is 1. The second-order valence-corrected chi connectivity index (χ2v) is 8.20. The number of halogens is 1. The van der Waals surface area contributed by atoms with Crippen molar-refractivity contribution in [3.63, 3.8) is 0 Å². The van der Waals surface area contributed by atoms with E-state index >= 15 is 0 Å². The van der Waals surface area contributed by atoms with E-state index in [-0.39, 0.29) is 4.90 Å². The highest BCUT2D eigenvalue weighted by Crippen LogP contribution is 2.30. The van der Waals surface area contributed by atoms with E-state index in [0.717, 1.165) is 30.4 Å². The second kappa shape index (κ2) is 7.09. The lowest BCUT2D eigenvalue weighted by Gasteiger charge is -2.27. The summed E-state index contributed by atoms with van der Waals surface area (Å²) in [5.41, 5.74) is 0. The molecule has 0 atom stereocenters.